The molecule has 2 heteroatoms. The van der Waals surface area contributed by atoms with Crippen molar-refractivity contribution in [3.05, 3.63) is 126 Å². The molecule has 0 saturated carbocycles. The van der Waals surface area contributed by atoms with Gasteiger partial charge >= 0.3 is 0 Å². The van der Waals surface area contributed by atoms with Crippen LogP contribution in [0.5, 0.6) is 0 Å². The van der Waals surface area contributed by atoms with E-state index in [4.69, 9.17) is 0 Å². The van der Waals surface area contributed by atoms with Crippen molar-refractivity contribution in [1.82, 2.24) is 0 Å². The van der Waals surface area contributed by atoms with Gasteiger partial charge in [0, 0.05) is 5.92 Å². The Morgan fingerprint density at radius 2 is 1.29 bits per heavy atom. The molecule has 35 heavy (non-hydrogen) atoms. The van der Waals surface area contributed by atoms with E-state index in [9.17, 15) is 0 Å². The Labute approximate surface area is 224 Å². The SMILES string of the molecule is CC1=CCCC(C)(C)[C@H]1/C=C/C(C)=C/C[P+](c1ccccc1)(c1ccccc1)c1ccccc1.[Br-]. The van der Waals surface area contributed by atoms with Crippen molar-refractivity contribution in [1.29, 1.82) is 0 Å². The van der Waals surface area contributed by atoms with Crippen molar-refractivity contribution in [3.8, 4) is 0 Å². The van der Waals surface area contributed by atoms with E-state index in [0.717, 1.165) is 6.16 Å². The Morgan fingerprint density at radius 3 is 1.71 bits per heavy atom. The van der Waals surface area contributed by atoms with E-state index < -0.39 is 7.26 Å². The molecule has 0 bridgehead atoms. The van der Waals surface area contributed by atoms with Crippen molar-refractivity contribution < 1.29 is 17.0 Å². The van der Waals surface area contributed by atoms with Gasteiger partial charge in [0.2, 0.25) is 0 Å². The maximum Gasteiger partial charge on any atom is 0.115 e. The molecule has 0 heterocycles. The molecule has 4 rings (SSSR count). The highest BCUT2D eigenvalue weighted by Gasteiger charge is 2.44. The van der Waals surface area contributed by atoms with Crippen LogP contribution in [0.3, 0.4) is 0 Å². The highest BCUT2D eigenvalue weighted by molar-refractivity contribution is 7.95. The Bertz CT molecular complexity index is 1060. The van der Waals surface area contributed by atoms with Gasteiger partial charge in [0.05, 0.1) is 6.16 Å². The summed E-state index contributed by atoms with van der Waals surface area (Å²) in [6.07, 6.45) is 13.2. The molecule has 0 N–H and O–H groups in total. The van der Waals surface area contributed by atoms with E-state index in [-0.39, 0.29) is 17.0 Å². The lowest BCUT2D eigenvalue weighted by Gasteiger charge is -2.36. The number of allylic oxidation sites excluding steroid dienone is 6. The fraction of sp³-hybridized carbons (Fsp3) is 0.273. The quantitative estimate of drug-likeness (QED) is 0.226. The van der Waals surface area contributed by atoms with Gasteiger partial charge in [-0.1, -0.05) is 97.8 Å². The molecule has 0 amide bonds. The molecule has 0 aliphatic heterocycles. The molecule has 0 fully saturated rings. The summed E-state index contributed by atoms with van der Waals surface area (Å²) < 4.78 is 0. The van der Waals surface area contributed by atoms with Gasteiger partial charge in [0.15, 0.2) is 0 Å². The van der Waals surface area contributed by atoms with Crippen LogP contribution in [-0.2, 0) is 0 Å². The van der Waals surface area contributed by atoms with E-state index in [2.05, 4.69) is 143 Å². The number of halogens is 1. The average Bonchev–Trinajstić information content (AvgIpc) is 2.86. The first-order chi connectivity index (χ1) is 16.4. The molecule has 0 spiro atoms. The first kappa shape index (κ1) is 27.4. The van der Waals surface area contributed by atoms with Crippen molar-refractivity contribution >= 4 is 23.2 Å². The van der Waals surface area contributed by atoms with Gasteiger partial charge < -0.3 is 17.0 Å². The smallest absolute Gasteiger partial charge is 0.115 e. The molecule has 182 valence electrons. The van der Waals surface area contributed by atoms with Gasteiger partial charge in [0.25, 0.3) is 0 Å². The van der Waals surface area contributed by atoms with Gasteiger partial charge in [-0.3, -0.25) is 0 Å². The van der Waals surface area contributed by atoms with Gasteiger partial charge in [0.1, 0.15) is 23.2 Å². The second-order valence-corrected chi connectivity index (χ2v) is 13.8. The molecule has 3 aromatic carbocycles. The molecule has 1 aliphatic carbocycles. The van der Waals surface area contributed by atoms with Crippen LogP contribution in [0.1, 0.15) is 40.5 Å². The summed E-state index contributed by atoms with van der Waals surface area (Å²) in [7, 11) is -1.82. The molecule has 0 nitrogen and oxygen atoms in total. The molecule has 1 atom stereocenters. The van der Waals surface area contributed by atoms with Crippen molar-refractivity contribution in [2.75, 3.05) is 6.16 Å². The number of rotatable bonds is 7. The summed E-state index contributed by atoms with van der Waals surface area (Å²) in [5, 5.41) is 4.31. The molecule has 0 saturated heterocycles. The molecular weight excluding hydrogens is 507 g/mol. The number of hydrogen-bond donors (Lipinski definition) is 0. The summed E-state index contributed by atoms with van der Waals surface area (Å²) >= 11 is 0. The van der Waals surface area contributed by atoms with E-state index >= 15 is 0 Å². The van der Waals surface area contributed by atoms with Crippen LogP contribution < -0.4 is 32.9 Å². The van der Waals surface area contributed by atoms with Crippen LogP contribution in [0, 0.1) is 11.3 Å². The second-order valence-electron chi connectivity index (χ2n) is 10.3. The second kappa shape index (κ2) is 12.2. The number of hydrogen-bond acceptors (Lipinski definition) is 0. The Morgan fingerprint density at radius 1 is 0.829 bits per heavy atom. The lowest BCUT2D eigenvalue weighted by atomic mass is 9.68. The highest BCUT2D eigenvalue weighted by Crippen LogP contribution is 2.55. The Hall–Kier alpha value is -2.21. The first-order valence-electron chi connectivity index (χ1n) is 12.5. The topological polar surface area (TPSA) is 0 Å². The van der Waals surface area contributed by atoms with Crippen LogP contribution in [0.25, 0.3) is 0 Å². The minimum absolute atomic E-state index is 0. The summed E-state index contributed by atoms with van der Waals surface area (Å²) in [5.41, 5.74) is 3.19. The van der Waals surface area contributed by atoms with Crippen LogP contribution in [0.4, 0.5) is 0 Å². The molecule has 1 aliphatic rings. The standard InChI is InChI=1S/C33H38P.BrH/c1-27(22-23-32-28(2)15-14-25-33(32,3)4)24-26-34(29-16-8-5-9-17-29,30-18-10-6-11-19-30)31-20-12-7-13-21-31;/h5-13,15-24,32H,14,25-26H2,1-4H3;1H/q+1;/p-1/b23-22+,27-24+;/t32-;/m0./s1. The summed E-state index contributed by atoms with van der Waals surface area (Å²) in [4.78, 5) is 0. The maximum absolute atomic E-state index is 2.48. The van der Waals surface area contributed by atoms with Gasteiger partial charge in [-0.25, -0.2) is 0 Å². The minimum atomic E-state index is -1.82. The average molecular weight is 546 g/mol. The third-order valence-electron chi connectivity index (χ3n) is 7.42. The van der Waals surface area contributed by atoms with Crippen LogP contribution in [0.2, 0.25) is 0 Å². The van der Waals surface area contributed by atoms with Crippen LogP contribution in [-0.4, -0.2) is 6.16 Å². The third kappa shape index (κ3) is 6.14. The summed E-state index contributed by atoms with van der Waals surface area (Å²) in [5.74, 6) is 0.515. The highest BCUT2D eigenvalue weighted by atomic mass is 79.9. The van der Waals surface area contributed by atoms with E-state index in [1.807, 2.05) is 0 Å². The summed E-state index contributed by atoms with van der Waals surface area (Å²) in [6.45, 7) is 9.38. The summed E-state index contributed by atoms with van der Waals surface area (Å²) in [6, 6.07) is 33.4. The van der Waals surface area contributed by atoms with Gasteiger partial charge in [-0.05, 0) is 74.6 Å². The molecule has 0 radical (unpaired) electrons. The Balaban J connectivity index is 0.00000342. The Kier molecular flexibility index (Phi) is 9.51. The lowest BCUT2D eigenvalue weighted by molar-refractivity contribution is -0.00000747. The van der Waals surface area contributed by atoms with Gasteiger partial charge in [-0.2, -0.15) is 0 Å². The van der Waals surface area contributed by atoms with E-state index in [0.29, 0.717) is 11.3 Å². The zero-order valence-electron chi connectivity index (χ0n) is 21.5. The lowest BCUT2D eigenvalue weighted by Crippen LogP contribution is -3.00. The monoisotopic (exact) mass is 544 g/mol. The zero-order valence-corrected chi connectivity index (χ0v) is 24.0. The maximum atomic E-state index is 2.48. The van der Waals surface area contributed by atoms with E-state index in [1.165, 1.54) is 39.9 Å². The fourth-order valence-corrected chi connectivity index (χ4v) is 9.52. The largest absolute Gasteiger partial charge is 1.00 e. The predicted molar refractivity (Wildman–Crippen MR) is 153 cm³/mol. The first-order valence-corrected chi connectivity index (χ1v) is 14.5. The molecule has 3 aromatic rings. The predicted octanol–water partition coefficient (Wildman–Crippen LogP) is 4.87. The van der Waals surface area contributed by atoms with Crippen molar-refractivity contribution in [3.63, 3.8) is 0 Å². The van der Waals surface area contributed by atoms with Crippen molar-refractivity contribution in [2.45, 2.75) is 40.5 Å². The molecule has 0 aromatic heterocycles. The zero-order chi connectivity index (χ0) is 24.0. The number of benzene rings is 3. The van der Waals surface area contributed by atoms with Crippen LogP contribution >= 0.6 is 7.26 Å². The normalized spacial score (nSPS) is 18.1. The van der Waals surface area contributed by atoms with Crippen molar-refractivity contribution in [2.24, 2.45) is 11.3 Å². The fourth-order valence-electron chi connectivity index (χ4n) is 5.39. The molecule has 0 unspecified atom stereocenters. The molecular formula is C33H38BrP. The minimum Gasteiger partial charge on any atom is -1.00 e. The third-order valence-corrected chi connectivity index (χ3v) is 11.7. The van der Waals surface area contributed by atoms with E-state index in [1.54, 1.807) is 0 Å². The van der Waals surface area contributed by atoms with Crippen LogP contribution in [0.15, 0.2) is 126 Å². The van der Waals surface area contributed by atoms with Gasteiger partial charge in [-0.15, -0.1) is 0 Å².